The number of nitrogens with one attached hydrogen (secondary N) is 1. The van der Waals surface area contributed by atoms with Crippen molar-refractivity contribution in [3.05, 3.63) is 35.1 Å². The Balaban J connectivity index is 3.10. The third-order valence-corrected chi connectivity index (χ3v) is 2.27. The number of terminal acetylenes is 1. The van der Waals surface area contributed by atoms with Crippen LogP contribution in [0.25, 0.3) is 0 Å². The lowest BCUT2D eigenvalue weighted by Gasteiger charge is -2.16. The minimum Gasteiger partial charge on any atom is -0.465 e. The normalized spacial score (nSPS) is 11.7. The lowest BCUT2D eigenvalue weighted by atomic mass is 10.1. The predicted octanol–water partition coefficient (Wildman–Crippen LogP) is 1.93. The van der Waals surface area contributed by atoms with E-state index in [9.17, 15) is 18.0 Å². The van der Waals surface area contributed by atoms with Gasteiger partial charge in [0.25, 0.3) is 0 Å². The molecule has 0 aromatic heterocycles. The second-order valence-electron chi connectivity index (χ2n) is 3.57. The fraction of sp³-hybridized carbons (Fsp3) is 0.308. The smallest absolute Gasteiger partial charge is 0.327 e. The molecule has 0 spiro atoms. The summed E-state index contributed by atoms with van der Waals surface area (Å²) in [7, 11) is 0. The summed E-state index contributed by atoms with van der Waals surface area (Å²) in [5.74, 6) is -2.88. The van der Waals surface area contributed by atoms with Gasteiger partial charge < -0.3 is 4.74 Å². The average Bonchev–Trinajstić information content (AvgIpc) is 2.36. The molecule has 102 valence electrons. The molecule has 0 saturated carbocycles. The summed E-state index contributed by atoms with van der Waals surface area (Å²) in [5, 5.41) is 2.58. The number of benzene rings is 1. The van der Waals surface area contributed by atoms with E-state index in [2.05, 4.69) is 11.2 Å². The van der Waals surface area contributed by atoms with Gasteiger partial charge in [-0.3, -0.25) is 5.32 Å². The molecule has 0 saturated heterocycles. The quantitative estimate of drug-likeness (QED) is 0.505. The van der Waals surface area contributed by atoms with Crippen LogP contribution in [0.4, 0.5) is 13.2 Å². The van der Waals surface area contributed by atoms with Crippen molar-refractivity contribution in [3.8, 4) is 12.3 Å². The van der Waals surface area contributed by atoms with Crippen LogP contribution in [-0.2, 0) is 9.53 Å². The highest BCUT2D eigenvalue weighted by molar-refractivity contribution is 5.77. The molecule has 6 heteroatoms. The Morgan fingerprint density at radius 2 is 2.00 bits per heavy atom. The maximum absolute atomic E-state index is 13.1. The zero-order chi connectivity index (χ0) is 14.4. The lowest BCUT2D eigenvalue weighted by Crippen LogP contribution is -2.30. The molecular weight excluding hydrogens is 259 g/mol. The third-order valence-electron chi connectivity index (χ3n) is 2.27. The van der Waals surface area contributed by atoms with E-state index in [0.717, 1.165) is 12.1 Å². The SMILES string of the molecule is C#CCNC(C(=O)OCC)c1cc(F)c(F)c(F)c1. The predicted molar refractivity (Wildman–Crippen MR) is 62.5 cm³/mol. The number of rotatable bonds is 5. The number of hydrogen-bond acceptors (Lipinski definition) is 3. The first-order chi connectivity index (χ1) is 9.01. The van der Waals surface area contributed by atoms with Crippen LogP contribution in [0, 0.1) is 29.8 Å². The van der Waals surface area contributed by atoms with E-state index in [-0.39, 0.29) is 18.7 Å². The van der Waals surface area contributed by atoms with Crippen LogP contribution in [0.1, 0.15) is 18.5 Å². The topological polar surface area (TPSA) is 38.3 Å². The summed E-state index contributed by atoms with van der Waals surface area (Å²) >= 11 is 0. The molecule has 0 heterocycles. The van der Waals surface area contributed by atoms with E-state index in [1.807, 2.05) is 0 Å². The largest absolute Gasteiger partial charge is 0.465 e. The summed E-state index contributed by atoms with van der Waals surface area (Å²) in [6.45, 7) is 1.67. The molecule has 0 bridgehead atoms. The molecule has 19 heavy (non-hydrogen) atoms. The van der Waals surface area contributed by atoms with Crippen molar-refractivity contribution < 1.29 is 22.7 Å². The summed E-state index contributed by atoms with van der Waals surface area (Å²) in [4.78, 5) is 11.7. The summed E-state index contributed by atoms with van der Waals surface area (Å²) in [5.41, 5.74) is -0.0925. The van der Waals surface area contributed by atoms with Crippen molar-refractivity contribution in [1.82, 2.24) is 5.32 Å². The van der Waals surface area contributed by atoms with Gasteiger partial charge in [0.15, 0.2) is 17.5 Å². The molecule has 3 nitrogen and oxygen atoms in total. The molecule has 0 fully saturated rings. The van der Waals surface area contributed by atoms with Crippen molar-refractivity contribution in [2.75, 3.05) is 13.2 Å². The second-order valence-corrected chi connectivity index (χ2v) is 3.57. The first kappa shape index (κ1) is 15.1. The van der Waals surface area contributed by atoms with Crippen molar-refractivity contribution in [1.29, 1.82) is 0 Å². The van der Waals surface area contributed by atoms with Gasteiger partial charge in [-0.2, -0.15) is 0 Å². The monoisotopic (exact) mass is 271 g/mol. The Labute approximate surface area is 108 Å². The Morgan fingerprint density at radius 1 is 1.42 bits per heavy atom. The van der Waals surface area contributed by atoms with Gasteiger partial charge in [-0.05, 0) is 24.6 Å². The molecule has 1 aromatic carbocycles. The van der Waals surface area contributed by atoms with Gasteiger partial charge in [0.05, 0.1) is 13.2 Å². The van der Waals surface area contributed by atoms with E-state index in [0.29, 0.717) is 0 Å². The van der Waals surface area contributed by atoms with Crippen molar-refractivity contribution in [2.24, 2.45) is 0 Å². The summed E-state index contributed by atoms with van der Waals surface area (Å²) < 4.78 is 43.9. The molecule has 1 aromatic rings. The summed E-state index contributed by atoms with van der Waals surface area (Å²) in [6.07, 6.45) is 5.04. The van der Waals surface area contributed by atoms with Crippen LogP contribution < -0.4 is 5.32 Å². The molecule has 0 radical (unpaired) electrons. The highest BCUT2D eigenvalue weighted by Gasteiger charge is 2.24. The van der Waals surface area contributed by atoms with Crippen LogP contribution in [0.5, 0.6) is 0 Å². The van der Waals surface area contributed by atoms with Crippen LogP contribution in [0.15, 0.2) is 12.1 Å². The molecule has 1 unspecified atom stereocenters. The number of carbonyl (C=O) groups excluding carboxylic acids is 1. The van der Waals surface area contributed by atoms with Crippen molar-refractivity contribution in [2.45, 2.75) is 13.0 Å². The van der Waals surface area contributed by atoms with Crippen LogP contribution in [0.3, 0.4) is 0 Å². The van der Waals surface area contributed by atoms with Gasteiger partial charge in [-0.1, -0.05) is 5.92 Å². The highest BCUT2D eigenvalue weighted by atomic mass is 19.2. The highest BCUT2D eigenvalue weighted by Crippen LogP contribution is 2.20. The van der Waals surface area contributed by atoms with Crippen LogP contribution in [0.2, 0.25) is 0 Å². The maximum Gasteiger partial charge on any atom is 0.327 e. The average molecular weight is 271 g/mol. The number of esters is 1. The number of hydrogen-bond donors (Lipinski definition) is 1. The lowest BCUT2D eigenvalue weighted by molar-refractivity contribution is -0.145. The molecule has 0 aliphatic rings. The zero-order valence-corrected chi connectivity index (χ0v) is 10.2. The van der Waals surface area contributed by atoms with E-state index in [4.69, 9.17) is 11.2 Å². The van der Waals surface area contributed by atoms with Gasteiger partial charge in [0, 0.05) is 0 Å². The Morgan fingerprint density at radius 3 is 2.47 bits per heavy atom. The molecule has 1 rings (SSSR count). The van der Waals surface area contributed by atoms with Crippen LogP contribution >= 0.6 is 0 Å². The Bertz CT molecular complexity index is 488. The molecule has 1 N–H and O–H groups in total. The first-order valence-corrected chi connectivity index (χ1v) is 5.49. The Hall–Kier alpha value is -2.00. The minimum atomic E-state index is -1.59. The minimum absolute atomic E-state index is 0.00983. The first-order valence-electron chi connectivity index (χ1n) is 5.49. The molecule has 1 atom stereocenters. The van der Waals surface area contributed by atoms with E-state index in [1.165, 1.54) is 0 Å². The molecule has 0 aliphatic carbocycles. The van der Waals surface area contributed by atoms with E-state index < -0.39 is 29.5 Å². The fourth-order valence-electron chi connectivity index (χ4n) is 1.47. The molecule has 0 amide bonds. The number of carbonyl (C=O) groups is 1. The zero-order valence-electron chi connectivity index (χ0n) is 10.2. The van der Waals surface area contributed by atoms with Crippen molar-refractivity contribution >= 4 is 5.97 Å². The maximum atomic E-state index is 13.1. The van der Waals surface area contributed by atoms with E-state index in [1.54, 1.807) is 6.92 Å². The summed E-state index contributed by atoms with van der Waals surface area (Å²) in [6, 6.07) is 0.299. The third kappa shape index (κ3) is 3.73. The standard InChI is InChI=1S/C13H12F3NO2/c1-3-5-17-12(13(18)19-4-2)8-6-9(14)11(16)10(15)7-8/h1,6-7,12,17H,4-5H2,2H3. The van der Waals surface area contributed by atoms with Gasteiger partial charge in [0.2, 0.25) is 0 Å². The van der Waals surface area contributed by atoms with Crippen molar-refractivity contribution in [3.63, 3.8) is 0 Å². The van der Waals surface area contributed by atoms with E-state index >= 15 is 0 Å². The van der Waals surface area contributed by atoms with Gasteiger partial charge in [-0.25, -0.2) is 18.0 Å². The molecular formula is C13H12F3NO2. The van der Waals surface area contributed by atoms with Gasteiger partial charge in [-0.15, -0.1) is 6.42 Å². The Kier molecular flexibility index (Phi) is 5.39. The number of halogens is 3. The van der Waals surface area contributed by atoms with Crippen LogP contribution in [-0.4, -0.2) is 19.1 Å². The molecule has 0 aliphatic heterocycles. The fourth-order valence-corrected chi connectivity index (χ4v) is 1.47. The second kappa shape index (κ2) is 6.81. The van der Waals surface area contributed by atoms with Gasteiger partial charge >= 0.3 is 5.97 Å². The number of ether oxygens (including phenoxy) is 1. The van der Waals surface area contributed by atoms with Gasteiger partial charge in [0.1, 0.15) is 6.04 Å².